The van der Waals surface area contributed by atoms with E-state index in [1.165, 1.54) is 11.1 Å². The van der Waals surface area contributed by atoms with Crippen LogP contribution in [-0.4, -0.2) is 47.9 Å². The van der Waals surface area contributed by atoms with Crippen LogP contribution in [0.3, 0.4) is 0 Å². The Bertz CT molecular complexity index is 1050. The number of benzene rings is 1. The number of carbonyl (C=O) groups is 1. The van der Waals surface area contributed by atoms with Crippen molar-refractivity contribution in [3.8, 4) is 5.75 Å². The molecule has 0 aliphatic carbocycles. The second-order valence-electron chi connectivity index (χ2n) is 7.39. The third-order valence-corrected chi connectivity index (χ3v) is 5.05. The number of piperazine rings is 1. The topological polar surface area (TPSA) is 93.0 Å². The van der Waals surface area contributed by atoms with Crippen LogP contribution in [0.5, 0.6) is 5.75 Å². The maximum Gasteiger partial charge on any atom is 0.540 e. The van der Waals surface area contributed by atoms with Gasteiger partial charge in [0.25, 0.3) is 0 Å². The highest BCUT2D eigenvalue weighted by atomic mass is 19.3. The average molecular weight is 459 g/mol. The largest absolute Gasteiger partial charge is 0.540 e. The summed E-state index contributed by atoms with van der Waals surface area (Å²) >= 11 is 0. The summed E-state index contributed by atoms with van der Waals surface area (Å²) in [5.41, 5.74) is 4.69. The molecule has 0 radical (unpaired) electrons. The molecular formula is C19H18F5N5O3. The molecule has 0 spiro atoms. The number of nitrogens with one attached hydrogen (secondary N) is 1. The van der Waals surface area contributed by atoms with E-state index in [4.69, 9.17) is 5.73 Å². The monoisotopic (exact) mass is 459 g/mol. The molecule has 2 amide bonds. The number of halogens is 5. The molecule has 3 N–H and O–H groups in total. The molecule has 2 aromatic rings. The van der Waals surface area contributed by atoms with Crippen LogP contribution in [0.25, 0.3) is 0 Å². The lowest BCUT2D eigenvalue weighted by atomic mass is 10.1. The minimum Gasteiger partial charge on any atom is -0.409 e. The molecule has 172 valence electrons. The van der Waals surface area contributed by atoms with E-state index in [9.17, 15) is 26.7 Å². The van der Waals surface area contributed by atoms with Crippen LogP contribution in [-0.2, 0) is 10.8 Å². The highest BCUT2D eigenvalue weighted by Gasteiger charge is 2.54. The Kier molecular flexibility index (Phi) is 5.23. The van der Waals surface area contributed by atoms with Gasteiger partial charge in [-0.1, -0.05) is 0 Å². The maximum absolute atomic E-state index is 14.1. The van der Waals surface area contributed by atoms with Gasteiger partial charge in [0.15, 0.2) is 11.6 Å². The second kappa shape index (κ2) is 7.65. The van der Waals surface area contributed by atoms with Crippen molar-refractivity contribution in [3.05, 3.63) is 41.8 Å². The summed E-state index contributed by atoms with van der Waals surface area (Å²) in [6.45, 7) is 2.45. The van der Waals surface area contributed by atoms with Crippen LogP contribution in [0, 0.1) is 5.82 Å². The Morgan fingerprint density at radius 2 is 2.00 bits per heavy atom. The first-order valence-corrected chi connectivity index (χ1v) is 9.48. The quantitative estimate of drug-likeness (QED) is 0.668. The fraction of sp³-hybridized carbons (Fsp3) is 0.368. The Morgan fingerprint density at radius 1 is 1.25 bits per heavy atom. The van der Waals surface area contributed by atoms with Gasteiger partial charge in [0, 0.05) is 37.4 Å². The molecule has 1 fully saturated rings. The fourth-order valence-electron chi connectivity index (χ4n) is 3.60. The molecule has 8 nitrogen and oxygen atoms in total. The van der Waals surface area contributed by atoms with Crippen LogP contribution >= 0.6 is 0 Å². The molecular weight excluding hydrogens is 441 g/mol. The smallest absolute Gasteiger partial charge is 0.409 e. The van der Waals surface area contributed by atoms with E-state index >= 15 is 0 Å². The minimum atomic E-state index is -4.48. The van der Waals surface area contributed by atoms with Crippen LogP contribution in [0.2, 0.25) is 0 Å². The molecule has 3 heterocycles. The van der Waals surface area contributed by atoms with Crippen LogP contribution in [0.1, 0.15) is 12.5 Å². The number of ether oxygens (including phenoxy) is 2. The Hall–Kier alpha value is -3.35. The molecule has 1 atom stereocenters. The lowest BCUT2D eigenvalue weighted by Crippen LogP contribution is -2.55. The molecule has 1 saturated heterocycles. The van der Waals surface area contributed by atoms with Crippen molar-refractivity contribution in [1.82, 2.24) is 9.88 Å². The number of nitrogens with two attached hydrogens (primary N) is 1. The zero-order valence-electron chi connectivity index (χ0n) is 16.6. The van der Waals surface area contributed by atoms with E-state index < -0.39 is 35.6 Å². The maximum atomic E-state index is 14.1. The third-order valence-electron chi connectivity index (χ3n) is 5.05. The highest BCUT2D eigenvalue weighted by molar-refractivity contribution is 5.90. The first kappa shape index (κ1) is 21.9. The van der Waals surface area contributed by atoms with E-state index in [-0.39, 0.29) is 42.9 Å². The number of rotatable bonds is 2. The zero-order chi connectivity index (χ0) is 23.3. The lowest BCUT2D eigenvalue weighted by Gasteiger charge is -2.40. The standard InChI is InChI=1S/C19H18F5N5O3/c1-10-9-28(16-14(20)6-11(25)8-26-16)4-5-29(10)17(30)27-12-2-3-15-13(7-12)18(21,22)32-19(23,24)31-15/h2-3,6-8,10H,4-5,9,25H2,1H3,(H,27,30)/t10-/m1/s1. The van der Waals surface area contributed by atoms with Gasteiger partial charge in [-0.3, -0.25) is 0 Å². The van der Waals surface area contributed by atoms with Crippen molar-refractivity contribution in [1.29, 1.82) is 0 Å². The lowest BCUT2D eigenvalue weighted by molar-refractivity contribution is -0.461. The second-order valence-corrected chi connectivity index (χ2v) is 7.39. The van der Waals surface area contributed by atoms with Gasteiger partial charge >= 0.3 is 18.4 Å². The number of carbonyl (C=O) groups excluding carboxylic acids is 1. The van der Waals surface area contributed by atoms with Crippen LogP contribution < -0.4 is 20.7 Å². The molecule has 4 rings (SSSR count). The first-order valence-electron chi connectivity index (χ1n) is 9.48. The molecule has 13 heteroatoms. The number of nitrogen functional groups attached to an aromatic ring is 1. The highest BCUT2D eigenvalue weighted by Crippen LogP contribution is 2.46. The SMILES string of the molecule is C[C@@H]1CN(c2ncc(N)cc2F)CCN1C(=O)Nc1ccc2c(c1)C(F)(F)OC(F)(F)O2. The summed E-state index contributed by atoms with van der Waals surface area (Å²) in [4.78, 5) is 19.8. The van der Waals surface area contributed by atoms with Gasteiger partial charge in [-0.05, 0) is 25.1 Å². The van der Waals surface area contributed by atoms with Gasteiger partial charge in [0.2, 0.25) is 0 Å². The first-order chi connectivity index (χ1) is 14.9. The minimum absolute atomic E-state index is 0.0632. The molecule has 1 aromatic heterocycles. The number of anilines is 3. The number of nitrogens with zero attached hydrogens (tertiary/aromatic N) is 3. The number of hydrogen-bond donors (Lipinski definition) is 2. The molecule has 0 saturated carbocycles. The molecule has 1 aromatic carbocycles. The number of urea groups is 1. The van der Waals surface area contributed by atoms with E-state index in [1.54, 1.807) is 11.8 Å². The number of alkyl halides is 4. The summed E-state index contributed by atoms with van der Waals surface area (Å²) in [6, 6.07) is 3.02. The van der Waals surface area contributed by atoms with Crippen molar-refractivity contribution >= 4 is 23.2 Å². The zero-order valence-corrected chi connectivity index (χ0v) is 16.6. The van der Waals surface area contributed by atoms with Crippen LogP contribution in [0.4, 0.5) is 43.9 Å². The van der Waals surface area contributed by atoms with Crippen molar-refractivity contribution in [2.45, 2.75) is 25.4 Å². The molecule has 2 aliphatic rings. The predicted molar refractivity (Wildman–Crippen MR) is 103 cm³/mol. The number of pyridine rings is 1. The van der Waals surface area contributed by atoms with E-state index in [1.807, 2.05) is 0 Å². The van der Waals surface area contributed by atoms with Gasteiger partial charge in [-0.25, -0.2) is 18.9 Å². The van der Waals surface area contributed by atoms with Crippen molar-refractivity contribution in [2.75, 3.05) is 35.6 Å². The summed E-state index contributed by atoms with van der Waals surface area (Å²) < 4.78 is 75.8. The number of amides is 2. The average Bonchev–Trinajstić information content (AvgIpc) is 2.67. The Morgan fingerprint density at radius 3 is 2.69 bits per heavy atom. The van der Waals surface area contributed by atoms with Crippen LogP contribution in [0.15, 0.2) is 30.5 Å². The van der Waals surface area contributed by atoms with Gasteiger partial charge in [0.1, 0.15) is 5.75 Å². The van der Waals surface area contributed by atoms with Crippen molar-refractivity contribution in [3.63, 3.8) is 0 Å². The third kappa shape index (κ3) is 4.20. The molecule has 32 heavy (non-hydrogen) atoms. The fourth-order valence-corrected chi connectivity index (χ4v) is 3.60. The van der Waals surface area contributed by atoms with Gasteiger partial charge in [-0.15, -0.1) is 8.78 Å². The van der Waals surface area contributed by atoms with E-state index in [0.29, 0.717) is 0 Å². The van der Waals surface area contributed by atoms with Crippen molar-refractivity contribution < 1.29 is 36.2 Å². The molecule has 0 bridgehead atoms. The van der Waals surface area contributed by atoms with Gasteiger partial charge in [0.05, 0.1) is 17.4 Å². The number of hydrogen-bond acceptors (Lipinski definition) is 6. The van der Waals surface area contributed by atoms with Gasteiger partial charge < -0.3 is 25.6 Å². The normalized spacial score (nSPS) is 21.5. The molecule has 2 aliphatic heterocycles. The number of fused-ring (bicyclic) bond motifs is 1. The molecule has 0 unspecified atom stereocenters. The Labute approximate surface area is 178 Å². The van der Waals surface area contributed by atoms with Gasteiger partial charge in [-0.2, -0.15) is 8.78 Å². The summed E-state index contributed by atoms with van der Waals surface area (Å²) in [7, 11) is 0. The van der Waals surface area contributed by atoms with Crippen molar-refractivity contribution in [2.24, 2.45) is 0 Å². The van der Waals surface area contributed by atoms with E-state index in [0.717, 1.165) is 24.3 Å². The predicted octanol–water partition coefficient (Wildman–Crippen LogP) is 3.55. The van der Waals surface area contributed by atoms with E-state index in [2.05, 4.69) is 19.8 Å². The number of aromatic nitrogens is 1. The summed E-state index contributed by atoms with van der Waals surface area (Å²) in [5.74, 6) is -1.23. The summed E-state index contributed by atoms with van der Waals surface area (Å²) in [6.07, 6.45) is -7.46. The summed E-state index contributed by atoms with van der Waals surface area (Å²) in [5, 5.41) is 2.45. The Balaban J connectivity index is 1.45.